The van der Waals surface area contributed by atoms with Crippen molar-refractivity contribution in [3.63, 3.8) is 0 Å². The summed E-state index contributed by atoms with van der Waals surface area (Å²) in [6.07, 6.45) is -2.86. The maximum Gasteiger partial charge on any atom is 0.143 e. The van der Waals surface area contributed by atoms with E-state index in [-0.39, 0.29) is 0 Å². The quantitative estimate of drug-likeness (QED) is 0.387. The molecule has 1 fully saturated rings. The van der Waals surface area contributed by atoms with Gasteiger partial charge in [-0.1, -0.05) is 0 Å². The Balaban J connectivity index is 2.79. The fourth-order valence-electron chi connectivity index (χ4n) is 1.39. The van der Waals surface area contributed by atoms with Crippen LogP contribution in [0.25, 0.3) is 0 Å². The molecule has 12 heavy (non-hydrogen) atoms. The molecule has 72 valence electrons. The third-order valence-electron chi connectivity index (χ3n) is 2.30. The van der Waals surface area contributed by atoms with E-state index in [2.05, 4.69) is 0 Å². The molecule has 5 nitrogen and oxygen atoms in total. The molecular weight excluding hydrogens is 164 g/mol. The van der Waals surface area contributed by atoms with Gasteiger partial charge in [0.15, 0.2) is 0 Å². The third-order valence-corrected chi connectivity index (χ3v) is 2.30. The standard InChI is InChI=1S/C7H14O5/c1-4-5(10)6(11)7(2-8,3-9)12-4/h4-6,8-11H,2-3H2,1H3/t4-,5?,6+/m0/s1. The summed E-state index contributed by atoms with van der Waals surface area (Å²) in [6, 6.07) is 0. The Hall–Kier alpha value is -0.200. The zero-order chi connectivity index (χ0) is 9.35. The average molecular weight is 178 g/mol. The van der Waals surface area contributed by atoms with E-state index >= 15 is 0 Å². The Morgan fingerprint density at radius 3 is 1.92 bits per heavy atom. The van der Waals surface area contributed by atoms with Gasteiger partial charge in [-0.2, -0.15) is 0 Å². The highest BCUT2D eigenvalue weighted by Gasteiger charge is 2.51. The van der Waals surface area contributed by atoms with Gasteiger partial charge in [-0.15, -0.1) is 0 Å². The molecule has 0 spiro atoms. The summed E-state index contributed by atoms with van der Waals surface area (Å²) < 4.78 is 5.07. The van der Waals surface area contributed by atoms with E-state index in [4.69, 9.17) is 14.9 Å². The number of hydrogen-bond donors (Lipinski definition) is 4. The van der Waals surface area contributed by atoms with Gasteiger partial charge in [0.2, 0.25) is 0 Å². The van der Waals surface area contributed by atoms with Crippen LogP contribution < -0.4 is 0 Å². The van der Waals surface area contributed by atoms with Crippen LogP contribution in [0.1, 0.15) is 6.92 Å². The molecule has 4 N–H and O–H groups in total. The van der Waals surface area contributed by atoms with Crippen LogP contribution in [0.2, 0.25) is 0 Å². The Kier molecular flexibility index (Phi) is 2.70. The summed E-state index contributed by atoms with van der Waals surface area (Å²) >= 11 is 0. The Morgan fingerprint density at radius 1 is 1.25 bits per heavy atom. The summed E-state index contributed by atoms with van der Waals surface area (Å²) in [5.74, 6) is 0. The Bertz CT molecular complexity index is 156. The minimum Gasteiger partial charge on any atom is -0.393 e. The fraction of sp³-hybridized carbons (Fsp3) is 1.00. The van der Waals surface area contributed by atoms with Gasteiger partial charge < -0.3 is 25.2 Å². The number of aliphatic hydroxyl groups is 4. The molecule has 1 rings (SSSR count). The number of hydrogen-bond acceptors (Lipinski definition) is 5. The molecule has 0 radical (unpaired) electrons. The smallest absolute Gasteiger partial charge is 0.143 e. The van der Waals surface area contributed by atoms with Gasteiger partial charge in [0.1, 0.15) is 17.8 Å². The number of aliphatic hydroxyl groups excluding tert-OH is 4. The van der Waals surface area contributed by atoms with Crippen molar-refractivity contribution < 1.29 is 25.2 Å². The number of rotatable bonds is 2. The normalized spacial score (nSPS) is 40.2. The zero-order valence-corrected chi connectivity index (χ0v) is 6.84. The van der Waals surface area contributed by atoms with Gasteiger partial charge in [-0.25, -0.2) is 0 Å². The summed E-state index contributed by atoms with van der Waals surface area (Å²) in [4.78, 5) is 0. The SMILES string of the molecule is C[C@@H]1OC(CO)(CO)[C@H](O)C1O. The second-order valence-corrected chi connectivity index (χ2v) is 3.14. The van der Waals surface area contributed by atoms with Crippen LogP contribution in [-0.4, -0.2) is 57.6 Å². The second-order valence-electron chi connectivity index (χ2n) is 3.14. The van der Waals surface area contributed by atoms with Crippen molar-refractivity contribution >= 4 is 0 Å². The molecule has 0 bridgehead atoms. The highest BCUT2D eigenvalue weighted by molar-refractivity contribution is 5.00. The first-order valence-corrected chi connectivity index (χ1v) is 3.83. The minimum absolute atomic E-state index is 0.508. The highest BCUT2D eigenvalue weighted by atomic mass is 16.6. The van der Waals surface area contributed by atoms with E-state index < -0.39 is 37.1 Å². The van der Waals surface area contributed by atoms with Crippen LogP contribution in [-0.2, 0) is 4.74 Å². The lowest BCUT2D eigenvalue weighted by Crippen LogP contribution is -2.49. The van der Waals surface area contributed by atoms with E-state index in [0.29, 0.717) is 0 Å². The number of ether oxygens (including phenoxy) is 1. The molecular formula is C7H14O5. The molecule has 1 saturated heterocycles. The molecule has 1 aliphatic heterocycles. The molecule has 0 aromatic carbocycles. The van der Waals surface area contributed by atoms with Crippen LogP contribution in [0.4, 0.5) is 0 Å². The molecule has 0 aliphatic carbocycles. The highest BCUT2D eigenvalue weighted by Crippen LogP contribution is 2.30. The zero-order valence-electron chi connectivity index (χ0n) is 6.84. The van der Waals surface area contributed by atoms with Crippen LogP contribution in [0.15, 0.2) is 0 Å². The molecule has 3 atom stereocenters. The molecule has 0 saturated carbocycles. The maximum absolute atomic E-state index is 9.38. The second kappa shape index (κ2) is 3.27. The van der Waals surface area contributed by atoms with Crippen LogP contribution >= 0.6 is 0 Å². The van der Waals surface area contributed by atoms with E-state index in [1.807, 2.05) is 0 Å². The maximum atomic E-state index is 9.38. The van der Waals surface area contributed by atoms with Crippen molar-refractivity contribution in [2.24, 2.45) is 0 Å². The predicted molar refractivity (Wildman–Crippen MR) is 39.5 cm³/mol. The van der Waals surface area contributed by atoms with E-state index in [1.165, 1.54) is 0 Å². The lowest BCUT2D eigenvalue weighted by Gasteiger charge is -2.27. The van der Waals surface area contributed by atoms with Crippen LogP contribution in [0, 0.1) is 0 Å². The molecule has 1 aliphatic rings. The molecule has 1 unspecified atom stereocenters. The monoisotopic (exact) mass is 178 g/mol. The van der Waals surface area contributed by atoms with Crippen molar-refractivity contribution in [1.29, 1.82) is 0 Å². The van der Waals surface area contributed by atoms with Gasteiger partial charge >= 0.3 is 0 Å². The first-order valence-electron chi connectivity index (χ1n) is 3.83. The van der Waals surface area contributed by atoms with Crippen LogP contribution in [0.5, 0.6) is 0 Å². The lowest BCUT2D eigenvalue weighted by atomic mass is 9.96. The van der Waals surface area contributed by atoms with E-state index in [1.54, 1.807) is 6.92 Å². The third kappa shape index (κ3) is 1.23. The Labute approximate surface area is 70.2 Å². The summed E-state index contributed by atoms with van der Waals surface area (Å²) in [7, 11) is 0. The van der Waals surface area contributed by atoms with Crippen molar-refractivity contribution in [1.82, 2.24) is 0 Å². The van der Waals surface area contributed by atoms with Gasteiger partial charge in [-0.3, -0.25) is 0 Å². The van der Waals surface area contributed by atoms with Gasteiger partial charge in [0.05, 0.1) is 19.3 Å². The molecule has 0 aromatic rings. The minimum atomic E-state index is -1.40. The molecule has 1 heterocycles. The molecule has 0 aromatic heterocycles. The Morgan fingerprint density at radius 2 is 1.75 bits per heavy atom. The van der Waals surface area contributed by atoms with E-state index in [0.717, 1.165) is 0 Å². The van der Waals surface area contributed by atoms with Crippen molar-refractivity contribution in [2.45, 2.75) is 30.8 Å². The fourth-order valence-corrected chi connectivity index (χ4v) is 1.39. The summed E-state index contributed by atoms with van der Waals surface area (Å²) in [5.41, 5.74) is -1.40. The van der Waals surface area contributed by atoms with Crippen molar-refractivity contribution in [3.8, 4) is 0 Å². The summed E-state index contributed by atoms with van der Waals surface area (Å²) in [5, 5.41) is 36.4. The molecule has 5 heteroatoms. The van der Waals surface area contributed by atoms with Crippen molar-refractivity contribution in [3.05, 3.63) is 0 Å². The van der Waals surface area contributed by atoms with Gasteiger partial charge in [-0.05, 0) is 6.92 Å². The van der Waals surface area contributed by atoms with Gasteiger partial charge in [0.25, 0.3) is 0 Å². The van der Waals surface area contributed by atoms with Crippen LogP contribution in [0.3, 0.4) is 0 Å². The first kappa shape index (κ1) is 9.88. The average Bonchev–Trinajstić information content (AvgIpc) is 2.30. The van der Waals surface area contributed by atoms with Crippen molar-refractivity contribution in [2.75, 3.05) is 13.2 Å². The molecule has 0 amide bonds. The topological polar surface area (TPSA) is 90.2 Å². The predicted octanol–water partition coefficient (Wildman–Crippen LogP) is -2.15. The van der Waals surface area contributed by atoms with Gasteiger partial charge in [0, 0.05) is 0 Å². The summed E-state index contributed by atoms with van der Waals surface area (Å²) in [6.45, 7) is 0.555. The van der Waals surface area contributed by atoms with E-state index in [9.17, 15) is 10.2 Å². The largest absolute Gasteiger partial charge is 0.393 e. The lowest BCUT2D eigenvalue weighted by molar-refractivity contribution is -0.133. The first-order chi connectivity index (χ1) is 5.57.